The molecule has 1 aliphatic heterocycles. The van der Waals surface area contributed by atoms with Gasteiger partial charge in [0, 0.05) is 18.7 Å². The molecule has 1 saturated heterocycles. The smallest absolute Gasteiger partial charge is 0.306 e. The number of anilines is 1. The number of nitrogens with zero attached hydrogens (tertiary/aromatic N) is 1. The summed E-state index contributed by atoms with van der Waals surface area (Å²) in [5, 5.41) is 1.51. The molecule has 1 aromatic rings. The van der Waals surface area contributed by atoms with Crippen molar-refractivity contribution < 1.29 is 22.8 Å². The standard InChI is InChI=1S/C14H15ClF3N3O2S/c1-8(23)24-11-5-10(7-22)21(6-11)20-19-13-4-9(14(16,17)18)2-3-12(13)15/h2-4,7,10-11,19-20H,5-6H2,1H3/t10-,11-/m0/s1. The van der Waals surface area contributed by atoms with E-state index in [1.54, 1.807) is 0 Å². The van der Waals surface area contributed by atoms with Crippen LogP contribution in [0.5, 0.6) is 0 Å². The van der Waals surface area contributed by atoms with Crippen molar-refractivity contribution in [2.75, 3.05) is 12.0 Å². The number of rotatable bonds is 5. The summed E-state index contributed by atoms with van der Waals surface area (Å²) in [6.07, 6.45) is -3.29. The van der Waals surface area contributed by atoms with Crippen LogP contribution in [0.4, 0.5) is 18.9 Å². The SMILES string of the molecule is CC(=O)S[C@H]1C[C@@H](C=O)N(NNc2cc(C(F)(F)F)ccc2Cl)C1. The molecule has 2 atom stereocenters. The maximum atomic E-state index is 12.7. The summed E-state index contributed by atoms with van der Waals surface area (Å²) in [5.74, 6) is 0. The van der Waals surface area contributed by atoms with Crippen molar-refractivity contribution in [1.82, 2.24) is 10.5 Å². The maximum Gasteiger partial charge on any atom is 0.416 e. The number of hydrogen-bond donors (Lipinski definition) is 2. The number of carbonyl (C=O) groups excluding carboxylic acids is 2. The number of hydrogen-bond acceptors (Lipinski definition) is 6. The third kappa shape index (κ3) is 4.85. The number of aldehydes is 1. The van der Waals surface area contributed by atoms with E-state index in [2.05, 4.69) is 11.0 Å². The first-order valence-electron chi connectivity index (χ1n) is 6.98. The van der Waals surface area contributed by atoms with Gasteiger partial charge in [0.1, 0.15) is 6.29 Å². The van der Waals surface area contributed by atoms with Gasteiger partial charge < -0.3 is 10.2 Å². The lowest BCUT2D eigenvalue weighted by atomic mass is 10.2. The molecule has 1 aromatic carbocycles. The average Bonchev–Trinajstić information content (AvgIpc) is 2.86. The van der Waals surface area contributed by atoms with Crippen molar-refractivity contribution in [1.29, 1.82) is 0 Å². The number of benzene rings is 1. The molecule has 2 N–H and O–H groups in total. The Kier molecular flexibility index (Phi) is 6.13. The Morgan fingerprint density at radius 3 is 2.75 bits per heavy atom. The second kappa shape index (κ2) is 7.73. The lowest BCUT2D eigenvalue weighted by Gasteiger charge is -2.23. The first-order chi connectivity index (χ1) is 11.2. The molecule has 0 saturated carbocycles. The molecule has 10 heteroatoms. The topological polar surface area (TPSA) is 61.4 Å². The van der Waals surface area contributed by atoms with E-state index >= 15 is 0 Å². The highest BCUT2D eigenvalue weighted by molar-refractivity contribution is 8.14. The number of carbonyl (C=O) groups is 2. The Labute approximate surface area is 145 Å². The molecule has 132 valence electrons. The van der Waals surface area contributed by atoms with Crippen LogP contribution in [0.1, 0.15) is 18.9 Å². The van der Waals surface area contributed by atoms with Crippen LogP contribution in [0, 0.1) is 0 Å². The van der Waals surface area contributed by atoms with Crippen LogP contribution < -0.4 is 11.0 Å². The molecule has 0 aliphatic carbocycles. The van der Waals surface area contributed by atoms with E-state index in [-0.39, 0.29) is 21.1 Å². The largest absolute Gasteiger partial charge is 0.416 e. The highest BCUT2D eigenvalue weighted by Gasteiger charge is 2.34. The van der Waals surface area contributed by atoms with Gasteiger partial charge >= 0.3 is 6.18 Å². The summed E-state index contributed by atoms with van der Waals surface area (Å²) in [6, 6.07) is 2.42. The summed E-state index contributed by atoms with van der Waals surface area (Å²) in [4.78, 5) is 22.3. The number of hydrazine groups is 2. The minimum atomic E-state index is -4.48. The zero-order chi connectivity index (χ0) is 17.9. The third-order valence-electron chi connectivity index (χ3n) is 3.42. The summed E-state index contributed by atoms with van der Waals surface area (Å²) < 4.78 is 38.2. The van der Waals surface area contributed by atoms with E-state index in [9.17, 15) is 22.8 Å². The number of thioether (sulfide) groups is 1. The van der Waals surface area contributed by atoms with Crippen molar-refractivity contribution in [3.8, 4) is 0 Å². The zero-order valence-electron chi connectivity index (χ0n) is 12.6. The van der Waals surface area contributed by atoms with Gasteiger partial charge in [-0.05, 0) is 24.6 Å². The Balaban J connectivity index is 2.04. The van der Waals surface area contributed by atoms with Gasteiger partial charge in [-0.25, -0.2) is 5.01 Å². The second-order valence-corrected chi connectivity index (χ2v) is 7.14. The lowest BCUT2D eigenvalue weighted by molar-refractivity contribution is -0.137. The fraction of sp³-hybridized carbons (Fsp3) is 0.429. The molecular formula is C14H15ClF3N3O2S. The van der Waals surface area contributed by atoms with Gasteiger partial charge in [0.25, 0.3) is 0 Å². The van der Waals surface area contributed by atoms with Crippen molar-refractivity contribution in [3.63, 3.8) is 0 Å². The Hall–Kier alpha value is -1.29. The number of halogens is 4. The Bertz CT molecular complexity index is 630. The van der Waals surface area contributed by atoms with Crippen molar-refractivity contribution >= 4 is 40.5 Å². The first-order valence-corrected chi connectivity index (χ1v) is 8.24. The molecule has 1 aliphatic rings. The third-order valence-corrected chi connectivity index (χ3v) is 4.76. The quantitative estimate of drug-likeness (QED) is 0.603. The van der Waals surface area contributed by atoms with Crippen molar-refractivity contribution in [2.45, 2.75) is 30.8 Å². The van der Waals surface area contributed by atoms with Crippen LogP contribution >= 0.6 is 23.4 Å². The second-order valence-electron chi connectivity index (χ2n) is 5.25. The van der Waals surface area contributed by atoms with Gasteiger partial charge in [0.15, 0.2) is 5.12 Å². The highest BCUT2D eigenvalue weighted by Crippen LogP contribution is 2.33. The molecule has 24 heavy (non-hydrogen) atoms. The van der Waals surface area contributed by atoms with E-state index in [1.165, 1.54) is 11.9 Å². The van der Waals surface area contributed by atoms with Gasteiger partial charge in [-0.15, -0.1) is 0 Å². The molecule has 1 heterocycles. The summed E-state index contributed by atoms with van der Waals surface area (Å²) in [7, 11) is 0. The van der Waals surface area contributed by atoms with E-state index < -0.39 is 17.8 Å². The van der Waals surface area contributed by atoms with E-state index in [0.717, 1.165) is 36.2 Å². The zero-order valence-corrected chi connectivity index (χ0v) is 14.1. The van der Waals surface area contributed by atoms with Crippen LogP contribution in [0.3, 0.4) is 0 Å². The summed E-state index contributed by atoms with van der Waals surface area (Å²) in [5.41, 5.74) is 4.50. The summed E-state index contributed by atoms with van der Waals surface area (Å²) >= 11 is 7.03. The minimum Gasteiger partial charge on any atom is -0.306 e. The fourth-order valence-corrected chi connectivity index (χ4v) is 3.50. The maximum absolute atomic E-state index is 12.7. The van der Waals surface area contributed by atoms with Gasteiger partial charge in [-0.1, -0.05) is 23.4 Å². The molecule has 2 rings (SSSR count). The molecule has 0 aromatic heterocycles. The van der Waals surface area contributed by atoms with Gasteiger partial charge in [-0.3, -0.25) is 4.79 Å². The predicted octanol–water partition coefficient (Wildman–Crippen LogP) is 3.11. The number of alkyl halides is 3. The number of nitrogens with one attached hydrogen (secondary N) is 2. The average molecular weight is 382 g/mol. The molecule has 0 unspecified atom stereocenters. The van der Waals surface area contributed by atoms with Gasteiger partial charge in [0.2, 0.25) is 0 Å². The van der Waals surface area contributed by atoms with Crippen LogP contribution in [0.2, 0.25) is 5.02 Å². The molecule has 0 spiro atoms. The monoisotopic (exact) mass is 381 g/mol. The van der Waals surface area contributed by atoms with E-state index in [4.69, 9.17) is 11.6 Å². The molecule has 0 amide bonds. The van der Waals surface area contributed by atoms with Crippen LogP contribution in [-0.4, -0.2) is 34.2 Å². The first kappa shape index (κ1) is 19.0. The van der Waals surface area contributed by atoms with Crippen LogP contribution in [0.25, 0.3) is 0 Å². The predicted molar refractivity (Wildman–Crippen MR) is 86.4 cm³/mol. The van der Waals surface area contributed by atoms with Crippen molar-refractivity contribution in [2.24, 2.45) is 0 Å². The minimum absolute atomic E-state index is 0.0406. The highest BCUT2D eigenvalue weighted by atomic mass is 35.5. The molecular weight excluding hydrogens is 367 g/mol. The normalized spacial score (nSPS) is 21.7. The van der Waals surface area contributed by atoms with Gasteiger partial charge in [0.05, 0.1) is 22.3 Å². The van der Waals surface area contributed by atoms with E-state index in [0.29, 0.717) is 13.0 Å². The van der Waals surface area contributed by atoms with Crippen LogP contribution in [0.15, 0.2) is 18.2 Å². The van der Waals surface area contributed by atoms with Crippen LogP contribution in [-0.2, 0) is 15.8 Å². The lowest BCUT2D eigenvalue weighted by Crippen LogP contribution is -2.45. The molecule has 1 fully saturated rings. The Morgan fingerprint density at radius 1 is 1.46 bits per heavy atom. The molecule has 0 bridgehead atoms. The Morgan fingerprint density at radius 2 is 2.17 bits per heavy atom. The fourth-order valence-electron chi connectivity index (χ4n) is 2.33. The van der Waals surface area contributed by atoms with Gasteiger partial charge in [-0.2, -0.15) is 18.7 Å². The molecule has 5 nitrogen and oxygen atoms in total. The van der Waals surface area contributed by atoms with Crippen molar-refractivity contribution in [3.05, 3.63) is 28.8 Å². The van der Waals surface area contributed by atoms with E-state index in [1.807, 2.05) is 0 Å². The molecule has 0 radical (unpaired) electrons. The summed E-state index contributed by atoms with van der Waals surface area (Å²) in [6.45, 7) is 1.83.